The maximum atomic E-state index is 14.7. The molecular formula is C25H27F4N7O3. The number of ether oxygens (including phenoxy) is 1. The number of hydrogen-bond acceptors (Lipinski definition) is 8. The first-order valence-corrected chi connectivity index (χ1v) is 11.9. The van der Waals surface area contributed by atoms with Crippen LogP contribution in [0.3, 0.4) is 0 Å². The molecule has 4 rings (SSSR count). The number of hydrogen-bond donors (Lipinski definition) is 3. The van der Waals surface area contributed by atoms with Crippen LogP contribution in [0.1, 0.15) is 38.2 Å². The summed E-state index contributed by atoms with van der Waals surface area (Å²) in [4.78, 5) is 31.4. The molecule has 0 spiro atoms. The zero-order valence-corrected chi connectivity index (χ0v) is 21.2. The van der Waals surface area contributed by atoms with Gasteiger partial charge in [-0.25, -0.2) is 19.5 Å². The molecule has 14 heteroatoms. The van der Waals surface area contributed by atoms with Gasteiger partial charge in [-0.05, 0) is 30.0 Å². The van der Waals surface area contributed by atoms with Crippen molar-refractivity contribution in [1.82, 2.24) is 24.7 Å². The molecule has 0 saturated carbocycles. The van der Waals surface area contributed by atoms with Crippen LogP contribution in [0.5, 0.6) is 5.75 Å². The summed E-state index contributed by atoms with van der Waals surface area (Å²) in [5, 5.41) is 5.72. The van der Waals surface area contributed by atoms with Gasteiger partial charge in [0.05, 0.1) is 36.1 Å². The molecule has 0 amide bonds. The van der Waals surface area contributed by atoms with E-state index in [9.17, 15) is 27.2 Å². The van der Waals surface area contributed by atoms with E-state index >= 15 is 0 Å². The van der Waals surface area contributed by atoms with Gasteiger partial charge < -0.3 is 20.8 Å². The van der Waals surface area contributed by atoms with Crippen LogP contribution in [0.15, 0.2) is 46.4 Å². The number of nitrogens with two attached hydrogens (primary N) is 2. The predicted octanol–water partition coefficient (Wildman–Crippen LogP) is 4.14. The highest BCUT2D eigenvalue weighted by Gasteiger charge is 2.36. The van der Waals surface area contributed by atoms with Crippen LogP contribution in [0.25, 0.3) is 22.2 Å². The highest BCUT2D eigenvalue weighted by molar-refractivity contribution is 5.86. The zero-order valence-electron chi connectivity index (χ0n) is 21.2. The van der Waals surface area contributed by atoms with Crippen LogP contribution in [0.4, 0.5) is 29.1 Å². The molecule has 3 heterocycles. The van der Waals surface area contributed by atoms with Gasteiger partial charge in [0.15, 0.2) is 17.4 Å². The Bertz CT molecular complexity index is 1570. The van der Waals surface area contributed by atoms with Gasteiger partial charge in [-0.1, -0.05) is 26.2 Å². The fourth-order valence-electron chi connectivity index (χ4n) is 3.74. The van der Waals surface area contributed by atoms with Gasteiger partial charge in [-0.15, -0.1) is 0 Å². The Kier molecular flexibility index (Phi) is 9.22. The first-order valence-electron chi connectivity index (χ1n) is 11.9. The van der Waals surface area contributed by atoms with E-state index in [0.29, 0.717) is 23.1 Å². The number of halogens is 4. The summed E-state index contributed by atoms with van der Waals surface area (Å²) >= 11 is 0. The van der Waals surface area contributed by atoms with Crippen LogP contribution in [0, 0.1) is 5.82 Å². The average Bonchev–Trinajstić information content (AvgIpc) is 2.87. The average molecular weight is 550 g/mol. The Labute approximate surface area is 219 Å². The molecule has 0 saturated heterocycles. The number of methoxy groups -OCH3 is 1. The van der Waals surface area contributed by atoms with Crippen molar-refractivity contribution in [2.24, 2.45) is 0 Å². The van der Waals surface area contributed by atoms with Crippen molar-refractivity contribution in [3.05, 3.63) is 68.9 Å². The standard InChI is InChI=1S/C20H23FN4O2.C5H4F3N3O/c1-3-4-5-6-8-25-9-7-13-10-15(16(21)11-14(13)20(25)26)19-23-12-17(27-2)18(22)24-19;6-5(7,8)3-2(9)1-10-11-4(3)12/h7,9-12H,3-6,8H2,1-2H3,(H2,22,23,24);1H,(H3,9,11,12). The number of rotatable bonds is 7. The number of pyridine rings is 1. The Morgan fingerprint density at radius 3 is 2.44 bits per heavy atom. The molecule has 0 fully saturated rings. The van der Waals surface area contributed by atoms with Gasteiger partial charge in [-0.2, -0.15) is 18.3 Å². The third-order valence-corrected chi connectivity index (χ3v) is 5.73. The van der Waals surface area contributed by atoms with Gasteiger partial charge in [0.25, 0.3) is 11.1 Å². The number of alkyl halides is 3. The number of fused-ring (bicyclic) bond motifs is 1. The summed E-state index contributed by atoms with van der Waals surface area (Å²) < 4.78 is 57.3. The molecule has 0 bridgehead atoms. The van der Waals surface area contributed by atoms with E-state index in [-0.39, 0.29) is 22.8 Å². The van der Waals surface area contributed by atoms with E-state index < -0.39 is 28.8 Å². The summed E-state index contributed by atoms with van der Waals surface area (Å²) in [6.45, 7) is 2.78. The largest absolute Gasteiger partial charge is 0.491 e. The van der Waals surface area contributed by atoms with Crippen molar-refractivity contribution in [1.29, 1.82) is 0 Å². The number of nitrogens with zero attached hydrogens (tertiary/aromatic N) is 4. The lowest BCUT2D eigenvalue weighted by Gasteiger charge is -2.10. The minimum absolute atomic E-state index is 0.129. The fourth-order valence-corrected chi connectivity index (χ4v) is 3.74. The highest BCUT2D eigenvalue weighted by atomic mass is 19.4. The van der Waals surface area contributed by atoms with E-state index in [1.54, 1.807) is 21.9 Å². The number of benzene rings is 1. The second-order valence-corrected chi connectivity index (χ2v) is 8.47. The van der Waals surface area contributed by atoms with Gasteiger partial charge in [0, 0.05) is 12.7 Å². The molecule has 4 aromatic rings. The maximum Gasteiger partial charge on any atom is 0.423 e. The molecule has 208 valence electrons. The van der Waals surface area contributed by atoms with Gasteiger partial charge in [0.2, 0.25) is 0 Å². The molecule has 1 aromatic carbocycles. The lowest BCUT2D eigenvalue weighted by atomic mass is 10.1. The van der Waals surface area contributed by atoms with Crippen LogP contribution in [0.2, 0.25) is 0 Å². The lowest BCUT2D eigenvalue weighted by Crippen LogP contribution is -2.24. The van der Waals surface area contributed by atoms with Gasteiger partial charge in [-0.3, -0.25) is 9.59 Å². The molecular weight excluding hydrogens is 522 g/mol. The molecule has 5 N–H and O–H groups in total. The molecule has 0 unspecified atom stereocenters. The number of H-pyrrole nitrogens is 1. The topological polar surface area (TPSA) is 155 Å². The Balaban J connectivity index is 0.000000293. The second-order valence-electron chi connectivity index (χ2n) is 8.47. The molecule has 0 atom stereocenters. The van der Waals surface area contributed by atoms with Crippen LogP contribution < -0.4 is 27.3 Å². The number of anilines is 2. The second kappa shape index (κ2) is 12.4. The van der Waals surface area contributed by atoms with Crippen molar-refractivity contribution in [3.63, 3.8) is 0 Å². The smallest absolute Gasteiger partial charge is 0.423 e. The van der Waals surface area contributed by atoms with Crippen molar-refractivity contribution in [3.8, 4) is 17.1 Å². The molecule has 0 aliphatic rings. The minimum atomic E-state index is -4.74. The molecule has 0 aliphatic carbocycles. The normalized spacial score (nSPS) is 11.2. The number of nitrogen functional groups attached to an aromatic ring is 2. The number of unbranched alkanes of at least 4 members (excludes halogenated alkanes) is 3. The third-order valence-electron chi connectivity index (χ3n) is 5.73. The van der Waals surface area contributed by atoms with Crippen LogP contribution >= 0.6 is 0 Å². The Morgan fingerprint density at radius 1 is 1.10 bits per heavy atom. The van der Waals surface area contributed by atoms with Crippen molar-refractivity contribution < 1.29 is 22.3 Å². The summed E-state index contributed by atoms with van der Waals surface area (Å²) in [6, 6.07) is 4.64. The summed E-state index contributed by atoms with van der Waals surface area (Å²) in [5.74, 6) is 0.0414. The summed E-state index contributed by atoms with van der Waals surface area (Å²) in [7, 11) is 1.46. The fraction of sp³-hybridized carbons (Fsp3) is 0.320. The predicted molar refractivity (Wildman–Crippen MR) is 139 cm³/mol. The van der Waals surface area contributed by atoms with Crippen molar-refractivity contribution in [2.75, 3.05) is 18.6 Å². The maximum absolute atomic E-state index is 14.7. The Hall–Kier alpha value is -4.49. The van der Waals surface area contributed by atoms with E-state index in [4.69, 9.17) is 16.2 Å². The highest BCUT2D eigenvalue weighted by Crippen LogP contribution is 2.29. The zero-order chi connectivity index (χ0) is 28.7. The molecule has 10 nitrogen and oxygen atoms in total. The first-order chi connectivity index (χ1) is 18.5. The number of aryl methyl sites for hydroxylation is 1. The van der Waals surface area contributed by atoms with E-state index in [2.05, 4.69) is 22.0 Å². The van der Waals surface area contributed by atoms with Gasteiger partial charge >= 0.3 is 6.18 Å². The quantitative estimate of drug-likeness (QED) is 0.230. The van der Waals surface area contributed by atoms with Crippen molar-refractivity contribution >= 4 is 22.3 Å². The van der Waals surface area contributed by atoms with Gasteiger partial charge in [0.1, 0.15) is 11.4 Å². The summed E-state index contributed by atoms with van der Waals surface area (Å²) in [5.41, 5.74) is 7.29. The lowest BCUT2D eigenvalue weighted by molar-refractivity contribution is -0.138. The molecule has 39 heavy (non-hydrogen) atoms. The molecule has 3 aromatic heterocycles. The monoisotopic (exact) mass is 549 g/mol. The van der Waals surface area contributed by atoms with Crippen LogP contribution in [-0.4, -0.2) is 31.8 Å². The number of nitrogens with one attached hydrogen (secondary N) is 1. The third kappa shape index (κ3) is 6.89. The SMILES string of the molecule is CCCCCCn1ccc2cc(-c3ncc(OC)c(N)n3)c(F)cc2c1=O.Nc1cn[nH]c(=O)c1C(F)(F)F. The minimum Gasteiger partial charge on any atom is -0.491 e. The number of aromatic nitrogens is 5. The number of aromatic amines is 1. The van der Waals surface area contributed by atoms with E-state index in [0.717, 1.165) is 31.9 Å². The van der Waals surface area contributed by atoms with E-state index in [1.807, 2.05) is 6.07 Å². The van der Waals surface area contributed by atoms with Crippen LogP contribution in [-0.2, 0) is 12.7 Å². The molecule has 0 radical (unpaired) electrons. The Morgan fingerprint density at radius 2 is 1.85 bits per heavy atom. The van der Waals surface area contributed by atoms with E-state index in [1.165, 1.54) is 19.4 Å². The summed E-state index contributed by atoms with van der Waals surface area (Å²) in [6.07, 6.45) is 3.44. The van der Waals surface area contributed by atoms with Crippen molar-refractivity contribution in [2.45, 2.75) is 45.3 Å². The molecule has 0 aliphatic heterocycles. The first kappa shape index (κ1) is 29.1.